The molecule has 0 bridgehead atoms. The molecule has 0 aliphatic carbocycles. The van der Waals surface area contributed by atoms with E-state index in [1.54, 1.807) is 6.08 Å². The molecule has 0 atom stereocenters. The van der Waals surface area contributed by atoms with Crippen molar-refractivity contribution < 1.29 is 0 Å². The average Bonchev–Trinajstić information content (AvgIpc) is 2.72. The molecule has 4 nitrogen and oxygen atoms in total. The van der Waals surface area contributed by atoms with Gasteiger partial charge < -0.3 is 0 Å². The maximum Gasteiger partial charge on any atom is 0.116 e. The monoisotopic (exact) mass is 212 g/mol. The number of benzene rings is 1. The van der Waals surface area contributed by atoms with E-state index in [1.807, 2.05) is 36.7 Å². The molecule has 0 saturated heterocycles. The molecule has 80 valence electrons. The summed E-state index contributed by atoms with van der Waals surface area (Å²) in [5.41, 5.74) is 4.01. The van der Waals surface area contributed by atoms with Gasteiger partial charge in [0.2, 0.25) is 0 Å². The third-order valence-corrected chi connectivity index (χ3v) is 2.62. The van der Waals surface area contributed by atoms with Crippen molar-refractivity contribution in [2.75, 3.05) is 0 Å². The predicted molar refractivity (Wildman–Crippen MR) is 62.6 cm³/mol. The molecule has 1 heterocycles. The zero-order valence-corrected chi connectivity index (χ0v) is 9.31. The van der Waals surface area contributed by atoms with Crippen molar-refractivity contribution in [3.63, 3.8) is 0 Å². The minimum Gasteiger partial charge on any atom is -0.245 e. The van der Waals surface area contributed by atoms with Crippen molar-refractivity contribution in [3.8, 4) is 6.07 Å². The summed E-state index contributed by atoms with van der Waals surface area (Å²) in [7, 11) is 0. The fraction of sp³-hybridized carbons (Fsp3) is 0.250. The van der Waals surface area contributed by atoms with Crippen LogP contribution in [0.25, 0.3) is 17.1 Å². The fourth-order valence-electron chi connectivity index (χ4n) is 1.72. The van der Waals surface area contributed by atoms with Gasteiger partial charge >= 0.3 is 0 Å². The van der Waals surface area contributed by atoms with Crippen molar-refractivity contribution in [2.45, 2.75) is 20.4 Å². The predicted octanol–water partition coefficient (Wildman–Crippen LogP) is 2.30. The van der Waals surface area contributed by atoms with Gasteiger partial charge in [0.1, 0.15) is 5.52 Å². The summed E-state index contributed by atoms with van der Waals surface area (Å²) in [4.78, 5) is 0. The number of fused-ring (bicyclic) bond motifs is 1. The van der Waals surface area contributed by atoms with E-state index >= 15 is 0 Å². The standard InChI is InChI=1S/C12H12N4/c1-3-16-11-7-6-10(5-4-8-13)9(2)12(11)14-15-16/h4-7H,3H2,1-2H3/b5-4+. The largest absolute Gasteiger partial charge is 0.245 e. The molecule has 2 rings (SSSR count). The van der Waals surface area contributed by atoms with Crippen LogP contribution in [-0.4, -0.2) is 15.0 Å². The fourth-order valence-corrected chi connectivity index (χ4v) is 1.72. The lowest BCUT2D eigenvalue weighted by Gasteiger charge is -2.01. The van der Waals surface area contributed by atoms with Gasteiger partial charge in [-0.2, -0.15) is 5.26 Å². The van der Waals surface area contributed by atoms with Crippen LogP contribution in [0.1, 0.15) is 18.1 Å². The highest BCUT2D eigenvalue weighted by Gasteiger charge is 2.07. The Morgan fingerprint density at radius 2 is 2.31 bits per heavy atom. The Kier molecular flexibility index (Phi) is 2.69. The lowest BCUT2D eigenvalue weighted by Crippen LogP contribution is -1.95. The average molecular weight is 212 g/mol. The van der Waals surface area contributed by atoms with Gasteiger partial charge in [0, 0.05) is 12.6 Å². The number of hydrogen-bond acceptors (Lipinski definition) is 3. The highest BCUT2D eigenvalue weighted by Crippen LogP contribution is 2.20. The van der Waals surface area contributed by atoms with Crippen LogP contribution in [0.2, 0.25) is 0 Å². The maximum absolute atomic E-state index is 8.51. The number of rotatable bonds is 2. The second-order valence-corrected chi connectivity index (χ2v) is 3.52. The van der Waals surface area contributed by atoms with E-state index in [4.69, 9.17) is 5.26 Å². The van der Waals surface area contributed by atoms with Crippen molar-refractivity contribution in [1.29, 1.82) is 5.26 Å². The molecule has 0 unspecified atom stereocenters. The van der Waals surface area contributed by atoms with Gasteiger partial charge in [-0.25, -0.2) is 4.68 Å². The van der Waals surface area contributed by atoms with E-state index in [9.17, 15) is 0 Å². The van der Waals surface area contributed by atoms with Gasteiger partial charge in [0.25, 0.3) is 0 Å². The summed E-state index contributed by atoms with van der Waals surface area (Å²) in [6, 6.07) is 5.96. The number of nitrogens with zero attached hydrogens (tertiary/aromatic N) is 4. The van der Waals surface area contributed by atoms with Gasteiger partial charge in [0.05, 0.1) is 11.6 Å². The van der Waals surface area contributed by atoms with E-state index in [0.29, 0.717) is 0 Å². The lowest BCUT2D eigenvalue weighted by atomic mass is 10.1. The van der Waals surface area contributed by atoms with Gasteiger partial charge in [-0.1, -0.05) is 11.3 Å². The Morgan fingerprint density at radius 1 is 1.50 bits per heavy atom. The lowest BCUT2D eigenvalue weighted by molar-refractivity contribution is 0.646. The molecule has 16 heavy (non-hydrogen) atoms. The first-order valence-corrected chi connectivity index (χ1v) is 5.17. The van der Waals surface area contributed by atoms with E-state index in [2.05, 4.69) is 10.3 Å². The third kappa shape index (κ3) is 1.57. The minimum atomic E-state index is 0.809. The number of hydrogen-bond donors (Lipinski definition) is 0. The molecule has 1 aromatic heterocycles. The molecule has 0 aliphatic rings. The molecule has 0 radical (unpaired) electrons. The van der Waals surface area contributed by atoms with Crippen LogP contribution in [0.3, 0.4) is 0 Å². The van der Waals surface area contributed by atoms with E-state index in [-0.39, 0.29) is 0 Å². The molecule has 0 aliphatic heterocycles. The molecular weight excluding hydrogens is 200 g/mol. The first kappa shape index (κ1) is 10.4. The van der Waals surface area contributed by atoms with E-state index in [1.165, 1.54) is 6.08 Å². The summed E-state index contributed by atoms with van der Waals surface area (Å²) >= 11 is 0. The van der Waals surface area contributed by atoms with Gasteiger partial charge in [0.15, 0.2) is 0 Å². The molecule has 0 saturated carbocycles. The Balaban J connectivity index is 2.63. The zero-order chi connectivity index (χ0) is 11.5. The van der Waals surface area contributed by atoms with Crippen molar-refractivity contribution in [2.24, 2.45) is 0 Å². The molecule has 0 N–H and O–H groups in total. The van der Waals surface area contributed by atoms with E-state index < -0.39 is 0 Å². The zero-order valence-electron chi connectivity index (χ0n) is 9.31. The van der Waals surface area contributed by atoms with Crippen molar-refractivity contribution in [1.82, 2.24) is 15.0 Å². The first-order valence-electron chi connectivity index (χ1n) is 5.17. The molecule has 0 amide bonds. The molecule has 2 aromatic rings. The van der Waals surface area contributed by atoms with Crippen LogP contribution in [0, 0.1) is 18.3 Å². The molecule has 0 spiro atoms. The summed E-state index contributed by atoms with van der Waals surface area (Å²) in [6.45, 7) is 4.84. The normalized spacial score (nSPS) is 11.1. The van der Waals surface area contributed by atoms with E-state index in [0.717, 1.165) is 28.7 Å². The van der Waals surface area contributed by atoms with Crippen LogP contribution >= 0.6 is 0 Å². The topological polar surface area (TPSA) is 54.5 Å². The SMILES string of the molecule is CCn1nnc2c(C)c(/C=C/C#N)ccc21. The van der Waals surface area contributed by atoms with Crippen LogP contribution < -0.4 is 0 Å². The summed E-state index contributed by atoms with van der Waals surface area (Å²) < 4.78 is 1.86. The van der Waals surface area contributed by atoms with Crippen molar-refractivity contribution in [3.05, 3.63) is 29.3 Å². The summed E-state index contributed by atoms with van der Waals surface area (Å²) in [5.74, 6) is 0. The summed E-state index contributed by atoms with van der Waals surface area (Å²) in [5, 5.41) is 16.7. The van der Waals surface area contributed by atoms with Gasteiger partial charge in [-0.05, 0) is 37.1 Å². The minimum absolute atomic E-state index is 0.809. The Labute approximate surface area is 93.8 Å². The number of allylic oxidation sites excluding steroid dienone is 1. The second-order valence-electron chi connectivity index (χ2n) is 3.52. The molecule has 0 fully saturated rings. The van der Waals surface area contributed by atoms with Crippen LogP contribution in [-0.2, 0) is 6.54 Å². The summed E-state index contributed by atoms with van der Waals surface area (Å²) in [6.07, 6.45) is 3.26. The quantitative estimate of drug-likeness (QED) is 0.718. The van der Waals surface area contributed by atoms with Gasteiger partial charge in [-0.3, -0.25) is 0 Å². The molecule has 4 heteroatoms. The van der Waals surface area contributed by atoms with Crippen molar-refractivity contribution >= 4 is 17.1 Å². The maximum atomic E-state index is 8.51. The first-order chi connectivity index (χ1) is 7.77. The second kappa shape index (κ2) is 4.15. The Morgan fingerprint density at radius 3 is 3.00 bits per heavy atom. The molecular formula is C12H12N4. The third-order valence-electron chi connectivity index (χ3n) is 2.62. The number of aryl methyl sites for hydroxylation is 2. The number of nitriles is 1. The Hall–Kier alpha value is -2.15. The molecule has 1 aromatic carbocycles. The van der Waals surface area contributed by atoms with Crippen LogP contribution in [0.4, 0.5) is 0 Å². The smallest absolute Gasteiger partial charge is 0.116 e. The van der Waals surface area contributed by atoms with Gasteiger partial charge in [-0.15, -0.1) is 5.10 Å². The highest BCUT2D eigenvalue weighted by atomic mass is 15.4. The Bertz CT molecular complexity index is 587. The van der Waals surface area contributed by atoms with Crippen LogP contribution in [0.5, 0.6) is 0 Å². The number of aromatic nitrogens is 3. The van der Waals surface area contributed by atoms with Crippen LogP contribution in [0.15, 0.2) is 18.2 Å². The highest BCUT2D eigenvalue weighted by molar-refractivity contribution is 5.82.